The topological polar surface area (TPSA) is 43.9 Å². The minimum atomic E-state index is -0.282. The van der Waals surface area contributed by atoms with E-state index in [0.717, 1.165) is 60.9 Å². The van der Waals surface area contributed by atoms with Gasteiger partial charge in [0.1, 0.15) is 11.2 Å². The Bertz CT molecular complexity index is 2640. The largest absolute Gasteiger partial charge is 0.456 e. The molecule has 222 valence electrons. The maximum absolute atomic E-state index is 6.85. The van der Waals surface area contributed by atoms with Crippen LogP contribution in [0, 0.1) is 0 Å². The number of hydrogen-bond donors (Lipinski definition) is 0. The molecule has 10 rings (SSSR count). The molecule has 3 heterocycles. The smallest absolute Gasteiger partial charge is 0.235 e. The SMILES string of the molecule is CC1(C)c2ccccc2-c2c1c1oc3ccccc3c1c1c3ccccc3n(-c3nc(-c4ccccc4)cc(-c4ccccc4)n3)c21. The third-order valence-corrected chi connectivity index (χ3v) is 9.98. The number of para-hydroxylation sites is 2. The molecule has 0 saturated heterocycles. The molecule has 4 heteroatoms. The molecule has 6 aromatic carbocycles. The van der Waals surface area contributed by atoms with Crippen molar-refractivity contribution >= 4 is 43.7 Å². The van der Waals surface area contributed by atoms with E-state index in [1.54, 1.807) is 0 Å². The Hall–Kier alpha value is -6.00. The van der Waals surface area contributed by atoms with Crippen LogP contribution in [0.4, 0.5) is 0 Å². The number of fused-ring (bicyclic) bond motifs is 12. The summed E-state index contributed by atoms with van der Waals surface area (Å²) in [5.74, 6) is 0.646. The Balaban J connectivity index is 1.45. The molecule has 0 fully saturated rings. The van der Waals surface area contributed by atoms with Crippen molar-refractivity contribution in [2.24, 2.45) is 0 Å². The van der Waals surface area contributed by atoms with Crippen LogP contribution in [0.5, 0.6) is 0 Å². The fourth-order valence-corrected chi connectivity index (χ4v) is 7.93. The summed E-state index contributed by atoms with van der Waals surface area (Å²) in [7, 11) is 0. The number of nitrogens with zero attached hydrogens (tertiary/aromatic N) is 3. The first-order valence-corrected chi connectivity index (χ1v) is 16.1. The van der Waals surface area contributed by atoms with Gasteiger partial charge in [-0.25, -0.2) is 9.97 Å². The van der Waals surface area contributed by atoms with Crippen LogP contribution in [0.2, 0.25) is 0 Å². The highest BCUT2D eigenvalue weighted by Crippen LogP contribution is 2.57. The summed E-state index contributed by atoms with van der Waals surface area (Å²) in [4.78, 5) is 10.7. The zero-order valence-corrected chi connectivity index (χ0v) is 26.0. The van der Waals surface area contributed by atoms with Crippen LogP contribution in [0.1, 0.15) is 25.0 Å². The first-order valence-electron chi connectivity index (χ1n) is 16.1. The third-order valence-electron chi connectivity index (χ3n) is 9.98. The van der Waals surface area contributed by atoms with Crippen LogP contribution in [0.25, 0.3) is 83.3 Å². The van der Waals surface area contributed by atoms with Gasteiger partial charge in [0.25, 0.3) is 0 Å². The molecule has 0 unspecified atom stereocenters. The second-order valence-corrected chi connectivity index (χ2v) is 13.0. The third kappa shape index (κ3) is 3.58. The van der Waals surface area contributed by atoms with Gasteiger partial charge in [-0.05, 0) is 29.3 Å². The molecule has 0 N–H and O–H groups in total. The number of benzene rings is 6. The Labute approximate surface area is 271 Å². The van der Waals surface area contributed by atoms with Gasteiger partial charge in [-0.3, -0.25) is 4.57 Å². The molecule has 9 aromatic rings. The molecule has 1 aliphatic rings. The van der Waals surface area contributed by atoms with Crippen LogP contribution < -0.4 is 0 Å². The second-order valence-electron chi connectivity index (χ2n) is 13.0. The lowest BCUT2D eigenvalue weighted by Gasteiger charge is -2.21. The molecule has 0 spiro atoms. The van der Waals surface area contributed by atoms with Gasteiger partial charge >= 0.3 is 0 Å². The van der Waals surface area contributed by atoms with Crippen molar-refractivity contribution in [1.29, 1.82) is 0 Å². The lowest BCUT2D eigenvalue weighted by atomic mass is 9.81. The summed E-state index contributed by atoms with van der Waals surface area (Å²) in [5.41, 5.74) is 12.5. The minimum Gasteiger partial charge on any atom is -0.456 e. The lowest BCUT2D eigenvalue weighted by molar-refractivity contribution is 0.620. The second kappa shape index (κ2) is 9.51. The van der Waals surface area contributed by atoms with Crippen LogP contribution in [0.15, 0.2) is 144 Å². The summed E-state index contributed by atoms with van der Waals surface area (Å²) in [6.07, 6.45) is 0. The average molecular weight is 604 g/mol. The van der Waals surface area contributed by atoms with Gasteiger partial charge in [0.2, 0.25) is 5.95 Å². The van der Waals surface area contributed by atoms with Crippen LogP contribution in [-0.2, 0) is 5.41 Å². The van der Waals surface area contributed by atoms with Gasteiger partial charge in [-0.15, -0.1) is 0 Å². The highest BCUT2D eigenvalue weighted by atomic mass is 16.3. The Morgan fingerprint density at radius 1 is 0.596 bits per heavy atom. The molecular formula is C43H29N3O. The molecule has 0 atom stereocenters. The standard InChI is InChI=1S/C43H29N3O/c1-43(2)31-22-12-9-19-28(31)38-39(43)41-37(30-21-11-14-24-35(30)47-41)36-29-20-10-13-23-34(29)46(40(36)38)42-44-32(26-15-5-3-6-16-26)25-33(45-42)27-17-7-4-8-18-27/h3-25H,1-2H3. The fraction of sp³-hybridized carbons (Fsp3) is 0.0698. The van der Waals surface area contributed by atoms with E-state index in [9.17, 15) is 0 Å². The van der Waals surface area contributed by atoms with Crippen molar-refractivity contribution in [3.8, 4) is 39.6 Å². The fourth-order valence-electron chi connectivity index (χ4n) is 7.93. The van der Waals surface area contributed by atoms with Crippen LogP contribution >= 0.6 is 0 Å². The van der Waals surface area contributed by atoms with Crippen LogP contribution in [-0.4, -0.2) is 14.5 Å². The summed E-state index contributed by atoms with van der Waals surface area (Å²) in [6.45, 7) is 4.65. The van der Waals surface area contributed by atoms with Crippen molar-refractivity contribution in [3.63, 3.8) is 0 Å². The Morgan fingerprint density at radius 2 is 1.19 bits per heavy atom. The van der Waals surface area contributed by atoms with Crippen LogP contribution in [0.3, 0.4) is 0 Å². The van der Waals surface area contributed by atoms with Crippen molar-refractivity contribution < 1.29 is 4.42 Å². The lowest BCUT2D eigenvalue weighted by Crippen LogP contribution is -2.15. The summed E-state index contributed by atoms with van der Waals surface area (Å²) in [5, 5.41) is 4.59. The molecule has 0 amide bonds. The highest BCUT2D eigenvalue weighted by Gasteiger charge is 2.41. The van der Waals surface area contributed by atoms with Crippen molar-refractivity contribution in [2.75, 3.05) is 0 Å². The maximum Gasteiger partial charge on any atom is 0.235 e. The van der Waals surface area contributed by atoms with E-state index >= 15 is 0 Å². The summed E-state index contributed by atoms with van der Waals surface area (Å²) < 4.78 is 9.15. The van der Waals surface area contributed by atoms with E-state index in [1.807, 2.05) is 12.1 Å². The monoisotopic (exact) mass is 603 g/mol. The van der Waals surface area contributed by atoms with Gasteiger partial charge in [-0.2, -0.15) is 0 Å². The number of furan rings is 1. The average Bonchev–Trinajstić information content (AvgIpc) is 3.75. The molecule has 0 bridgehead atoms. The molecule has 4 nitrogen and oxygen atoms in total. The van der Waals surface area contributed by atoms with Gasteiger partial charge in [0.05, 0.1) is 22.4 Å². The van der Waals surface area contributed by atoms with Gasteiger partial charge < -0.3 is 4.42 Å². The molecule has 1 aliphatic carbocycles. The zero-order valence-electron chi connectivity index (χ0n) is 26.0. The van der Waals surface area contributed by atoms with Crippen molar-refractivity contribution in [1.82, 2.24) is 14.5 Å². The minimum absolute atomic E-state index is 0.282. The highest BCUT2D eigenvalue weighted by molar-refractivity contribution is 6.32. The molecule has 3 aromatic heterocycles. The Kier molecular flexibility index (Phi) is 5.31. The van der Waals surface area contributed by atoms with Gasteiger partial charge in [-0.1, -0.05) is 135 Å². The number of aromatic nitrogens is 3. The molecule has 0 radical (unpaired) electrons. The predicted octanol–water partition coefficient (Wildman–Crippen LogP) is 11.1. The normalized spacial score (nSPS) is 13.5. The van der Waals surface area contributed by atoms with E-state index in [-0.39, 0.29) is 5.41 Å². The summed E-state index contributed by atoms with van der Waals surface area (Å²) in [6, 6.07) is 48.8. The van der Waals surface area contributed by atoms with Gasteiger partial charge in [0.15, 0.2) is 0 Å². The molecule has 47 heavy (non-hydrogen) atoms. The van der Waals surface area contributed by atoms with E-state index < -0.39 is 0 Å². The quantitative estimate of drug-likeness (QED) is 0.202. The number of rotatable bonds is 3. The maximum atomic E-state index is 6.85. The first-order chi connectivity index (χ1) is 23.1. The van der Waals surface area contributed by atoms with E-state index in [1.165, 1.54) is 27.6 Å². The van der Waals surface area contributed by atoms with Crippen molar-refractivity contribution in [2.45, 2.75) is 19.3 Å². The van der Waals surface area contributed by atoms with E-state index in [4.69, 9.17) is 14.4 Å². The molecule has 0 saturated carbocycles. The predicted molar refractivity (Wildman–Crippen MR) is 192 cm³/mol. The van der Waals surface area contributed by atoms with Gasteiger partial charge in [0, 0.05) is 49.2 Å². The molecule has 0 aliphatic heterocycles. The number of hydrogen-bond acceptors (Lipinski definition) is 3. The zero-order chi connectivity index (χ0) is 31.3. The van der Waals surface area contributed by atoms with Crippen molar-refractivity contribution in [3.05, 3.63) is 151 Å². The van der Waals surface area contributed by atoms with E-state index in [2.05, 4.69) is 146 Å². The van der Waals surface area contributed by atoms with E-state index in [0.29, 0.717) is 5.95 Å². The Morgan fingerprint density at radius 3 is 1.91 bits per heavy atom. The molecular weight excluding hydrogens is 574 g/mol. The summed E-state index contributed by atoms with van der Waals surface area (Å²) >= 11 is 0. The first kappa shape index (κ1) is 26.2.